The number of nitrogens with one attached hydrogen (secondary N) is 2. The van der Waals surface area contributed by atoms with Crippen molar-refractivity contribution in [2.45, 2.75) is 13.3 Å². The molecule has 0 saturated heterocycles. The van der Waals surface area contributed by atoms with Crippen LogP contribution in [-0.2, 0) is 4.74 Å². The Balaban J connectivity index is 2.58. The smallest absolute Gasteiger partial charge is 0.319 e. The first kappa shape index (κ1) is 15.0. The summed E-state index contributed by atoms with van der Waals surface area (Å²) in [6, 6.07) is 4.60. The van der Waals surface area contributed by atoms with Crippen molar-refractivity contribution in [2.75, 3.05) is 25.6 Å². The van der Waals surface area contributed by atoms with Crippen molar-refractivity contribution in [2.24, 2.45) is 5.73 Å². The van der Waals surface area contributed by atoms with Gasteiger partial charge in [0.15, 0.2) is 0 Å². The molecule has 0 aliphatic rings. The Morgan fingerprint density at radius 1 is 1.37 bits per heavy atom. The number of ether oxygens (including phenoxy) is 1. The van der Waals surface area contributed by atoms with Gasteiger partial charge in [0.25, 0.3) is 0 Å². The second-order valence-electron chi connectivity index (χ2n) is 4.12. The van der Waals surface area contributed by atoms with Gasteiger partial charge in [-0.2, -0.15) is 0 Å². The number of methoxy groups -OCH3 is 1. The average molecular weight is 265 g/mol. The minimum absolute atomic E-state index is 0.319. The molecule has 0 aliphatic heterocycles. The number of hydrogen-bond donors (Lipinski definition) is 3. The number of amides is 3. The van der Waals surface area contributed by atoms with Crippen LogP contribution in [0.5, 0.6) is 0 Å². The van der Waals surface area contributed by atoms with E-state index in [0.29, 0.717) is 24.4 Å². The largest absolute Gasteiger partial charge is 0.385 e. The third-order valence-corrected chi connectivity index (χ3v) is 2.58. The molecule has 1 rings (SSSR count). The van der Waals surface area contributed by atoms with Gasteiger partial charge in [-0.3, -0.25) is 4.79 Å². The van der Waals surface area contributed by atoms with Crippen LogP contribution in [0, 0.1) is 6.92 Å². The predicted octanol–water partition coefficient (Wildman–Crippen LogP) is 1.25. The predicted molar refractivity (Wildman–Crippen MR) is 73.2 cm³/mol. The SMILES string of the molecule is COCCCNC(=O)Nc1cc(C(N)=O)ccc1C. The molecule has 0 aliphatic carbocycles. The van der Waals surface area contributed by atoms with E-state index in [9.17, 15) is 9.59 Å². The zero-order valence-electron chi connectivity index (χ0n) is 11.2. The maximum atomic E-state index is 11.6. The minimum atomic E-state index is -0.524. The lowest BCUT2D eigenvalue weighted by Gasteiger charge is -2.10. The van der Waals surface area contributed by atoms with Gasteiger partial charge in [0.2, 0.25) is 5.91 Å². The molecule has 0 atom stereocenters. The first-order chi connectivity index (χ1) is 9.04. The highest BCUT2D eigenvalue weighted by Crippen LogP contribution is 2.16. The lowest BCUT2D eigenvalue weighted by atomic mass is 10.1. The normalized spacial score (nSPS) is 10.0. The third-order valence-electron chi connectivity index (χ3n) is 2.58. The zero-order valence-corrected chi connectivity index (χ0v) is 11.2. The first-order valence-corrected chi connectivity index (χ1v) is 5.99. The number of benzene rings is 1. The van der Waals surface area contributed by atoms with Crippen LogP contribution >= 0.6 is 0 Å². The molecule has 0 bridgehead atoms. The molecule has 0 fully saturated rings. The van der Waals surface area contributed by atoms with Crippen LogP contribution in [0.25, 0.3) is 0 Å². The average Bonchev–Trinajstić information content (AvgIpc) is 2.37. The molecule has 19 heavy (non-hydrogen) atoms. The molecular formula is C13H19N3O3. The molecule has 104 valence electrons. The summed E-state index contributed by atoms with van der Waals surface area (Å²) >= 11 is 0. The topological polar surface area (TPSA) is 93.4 Å². The number of hydrogen-bond acceptors (Lipinski definition) is 3. The van der Waals surface area contributed by atoms with Crippen molar-refractivity contribution in [3.63, 3.8) is 0 Å². The fraction of sp³-hybridized carbons (Fsp3) is 0.385. The molecule has 1 aromatic carbocycles. The first-order valence-electron chi connectivity index (χ1n) is 5.99. The fourth-order valence-electron chi connectivity index (χ4n) is 1.49. The molecule has 4 N–H and O–H groups in total. The Morgan fingerprint density at radius 3 is 2.74 bits per heavy atom. The summed E-state index contributed by atoms with van der Waals surface area (Å²) in [7, 11) is 1.61. The van der Waals surface area contributed by atoms with E-state index >= 15 is 0 Å². The van der Waals surface area contributed by atoms with Gasteiger partial charge in [0.1, 0.15) is 0 Å². The molecule has 1 aromatic rings. The summed E-state index contributed by atoms with van der Waals surface area (Å²) in [5.74, 6) is -0.524. The van der Waals surface area contributed by atoms with Crippen LogP contribution in [0.15, 0.2) is 18.2 Å². The van der Waals surface area contributed by atoms with E-state index in [-0.39, 0.29) is 6.03 Å². The van der Waals surface area contributed by atoms with E-state index in [0.717, 1.165) is 12.0 Å². The van der Waals surface area contributed by atoms with Crippen molar-refractivity contribution < 1.29 is 14.3 Å². The van der Waals surface area contributed by atoms with Crippen LogP contribution in [0.3, 0.4) is 0 Å². The second kappa shape index (κ2) is 7.38. The van der Waals surface area contributed by atoms with Gasteiger partial charge in [0, 0.05) is 31.5 Å². The molecular weight excluding hydrogens is 246 g/mol. The fourth-order valence-corrected chi connectivity index (χ4v) is 1.49. The number of rotatable bonds is 6. The van der Waals surface area contributed by atoms with E-state index in [1.807, 2.05) is 6.92 Å². The molecule has 6 nitrogen and oxygen atoms in total. The third kappa shape index (κ3) is 4.97. The Hall–Kier alpha value is -2.08. The Morgan fingerprint density at radius 2 is 2.11 bits per heavy atom. The highest BCUT2D eigenvalue weighted by Gasteiger charge is 2.07. The van der Waals surface area contributed by atoms with E-state index in [2.05, 4.69) is 10.6 Å². The van der Waals surface area contributed by atoms with Crippen LogP contribution in [0.4, 0.5) is 10.5 Å². The van der Waals surface area contributed by atoms with Gasteiger partial charge in [-0.1, -0.05) is 6.07 Å². The summed E-state index contributed by atoms with van der Waals surface area (Å²) in [4.78, 5) is 22.7. The number of aryl methyl sites for hydroxylation is 1. The number of anilines is 1. The standard InChI is InChI=1S/C13H19N3O3/c1-9-4-5-10(12(14)17)8-11(9)16-13(18)15-6-3-7-19-2/h4-5,8H,3,6-7H2,1-2H3,(H2,14,17)(H2,15,16,18). The van der Waals surface area contributed by atoms with E-state index in [1.54, 1.807) is 25.3 Å². The maximum absolute atomic E-state index is 11.6. The summed E-state index contributed by atoms with van der Waals surface area (Å²) in [6.07, 6.45) is 0.740. The van der Waals surface area contributed by atoms with E-state index in [1.165, 1.54) is 0 Å². The van der Waals surface area contributed by atoms with Gasteiger partial charge in [0.05, 0.1) is 0 Å². The number of primary amides is 1. The molecule has 6 heteroatoms. The maximum Gasteiger partial charge on any atom is 0.319 e. The summed E-state index contributed by atoms with van der Waals surface area (Å²) in [6.45, 7) is 2.95. The molecule has 0 spiro atoms. The Labute approximate surface area is 112 Å². The van der Waals surface area contributed by atoms with Crippen molar-refractivity contribution in [1.82, 2.24) is 5.32 Å². The summed E-state index contributed by atoms with van der Waals surface area (Å²) in [5.41, 5.74) is 6.99. The number of carbonyl (C=O) groups is 2. The zero-order chi connectivity index (χ0) is 14.3. The molecule has 0 radical (unpaired) electrons. The lowest BCUT2D eigenvalue weighted by Crippen LogP contribution is -2.30. The highest BCUT2D eigenvalue weighted by atomic mass is 16.5. The quantitative estimate of drug-likeness (QED) is 0.676. The van der Waals surface area contributed by atoms with E-state index < -0.39 is 5.91 Å². The number of carbonyl (C=O) groups excluding carboxylic acids is 2. The number of urea groups is 1. The van der Waals surface area contributed by atoms with Gasteiger partial charge in [-0.15, -0.1) is 0 Å². The van der Waals surface area contributed by atoms with E-state index in [4.69, 9.17) is 10.5 Å². The van der Waals surface area contributed by atoms with Gasteiger partial charge in [-0.05, 0) is 31.0 Å². The Bertz CT molecular complexity index is 460. The molecule has 0 aromatic heterocycles. The van der Waals surface area contributed by atoms with Crippen LogP contribution in [-0.4, -0.2) is 32.2 Å². The van der Waals surface area contributed by atoms with Crippen molar-refractivity contribution in [3.8, 4) is 0 Å². The van der Waals surface area contributed by atoms with Crippen LogP contribution in [0.1, 0.15) is 22.3 Å². The van der Waals surface area contributed by atoms with Crippen LogP contribution < -0.4 is 16.4 Å². The Kier molecular flexibility index (Phi) is 5.81. The molecule has 3 amide bonds. The van der Waals surface area contributed by atoms with Gasteiger partial charge < -0.3 is 21.1 Å². The summed E-state index contributed by atoms with van der Waals surface area (Å²) in [5, 5.41) is 5.38. The lowest BCUT2D eigenvalue weighted by molar-refractivity contribution is 0.100. The number of nitrogens with two attached hydrogens (primary N) is 1. The summed E-state index contributed by atoms with van der Waals surface area (Å²) < 4.78 is 4.88. The molecule has 0 heterocycles. The van der Waals surface area contributed by atoms with Crippen molar-refractivity contribution in [3.05, 3.63) is 29.3 Å². The molecule has 0 saturated carbocycles. The van der Waals surface area contributed by atoms with Gasteiger partial charge >= 0.3 is 6.03 Å². The molecule has 0 unspecified atom stereocenters. The van der Waals surface area contributed by atoms with Crippen LogP contribution in [0.2, 0.25) is 0 Å². The highest BCUT2D eigenvalue weighted by molar-refractivity contribution is 5.96. The monoisotopic (exact) mass is 265 g/mol. The minimum Gasteiger partial charge on any atom is -0.385 e. The van der Waals surface area contributed by atoms with Crippen molar-refractivity contribution >= 4 is 17.6 Å². The van der Waals surface area contributed by atoms with Gasteiger partial charge in [-0.25, -0.2) is 4.79 Å². The van der Waals surface area contributed by atoms with Crippen molar-refractivity contribution in [1.29, 1.82) is 0 Å². The second-order valence-corrected chi connectivity index (χ2v) is 4.12.